The molecule has 2 heterocycles. The molecular formula is C20H15ClF5N3O. The van der Waals surface area contributed by atoms with E-state index < -0.39 is 41.4 Å². The molecule has 10 heteroatoms. The number of aryl methyl sites for hydroxylation is 1. The van der Waals surface area contributed by atoms with E-state index in [0.29, 0.717) is 11.6 Å². The van der Waals surface area contributed by atoms with Crippen LogP contribution in [0.5, 0.6) is 0 Å². The number of rotatable bonds is 5. The van der Waals surface area contributed by atoms with Gasteiger partial charge in [-0.25, -0.2) is 0 Å². The van der Waals surface area contributed by atoms with Gasteiger partial charge in [-0.15, -0.1) is 0 Å². The molecule has 0 aliphatic carbocycles. The Labute approximate surface area is 173 Å². The number of benzene rings is 1. The van der Waals surface area contributed by atoms with E-state index in [-0.39, 0.29) is 5.02 Å². The molecule has 2 aromatic heterocycles. The topological polar surface area (TPSA) is 46.9 Å². The van der Waals surface area contributed by atoms with Crippen molar-refractivity contribution in [2.75, 3.05) is 6.54 Å². The third-order valence-corrected chi connectivity index (χ3v) is 4.59. The molecule has 1 aromatic carbocycles. The van der Waals surface area contributed by atoms with Crippen LogP contribution in [0.1, 0.15) is 21.6 Å². The normalized spacial score (nSPS) is 12.1. The summed E-state index contributed by atoms with van der Waals surface area (Å²) in [6, 6.07) is 7.00. The fourth-order valence-electron chi connectivity index (χ4n) is 2.84. The molecule has 4 nitrogen and oxygen atoms in total. The predicted molar refractivity (Wildman–Crippen MR) is 101 cm³/mol. The summed E-state index contributed by atoms with van der Waals surface area (Å²) in [6.45, 7) is -1.27. The molecule has 0 fully saturated rings. The minimum atomic E-state index is -4.80. The second-order valence-corrected chi connectivity index (χ2v) is 6.96. The summed E-state index contributed by atoms with van der Waals surface area (Å²) < 4.78 is 70.0. The van der Waals surface area contributed by atoms with Gasteiger partial charge in [0.1, 0.15) is 5.69 Å². The van der Waals surface area contributed by atoms with E-state index in [1.807, 2.05) is 5.32 Å². The molecule has 0 aliphatic rings. The summed E-state index contributed by atoms with van der Waals surface area (Å²) in [7, 11) is 1.79. The van der Waals surface area contributed by atoms with Crippen LogP contribution in [-0.2, 0) is 19.1 Å². The first-order valence-corrected chi connectivity index (χ1v) is 8.97. The largest absolute Gasteiger partial charge is 0.417 e. The Kier molecular flexibility index (Phi) is 5.85. The van der Waals surface area contributed by atoms with Gasteiger partial charge >= 0.3 is 12.1 Å². The molecule has 1 amide bonds. The highest BCUT2D eigenvalue weighted by Gasteiger charge is 2.38. The van der Waals surface area contributed by atoms with Gasteiger partial charge < -0.3 is 9.88 Å². The molecular weight excluding hydrogens is 429 g/mol. The number of carbonyl (C=O) groups is 1. The molecule has 0 unspecified atom stereocenters. The van der Waals surface area contributed by atoms with Crippen molar-refractivity contribution in [3.05, 3.63) is 76.8 Å². The zero-order valence-corrected chi connectivity index (χ0v) is 16.2. The van der Waals surface area contributed by atoms with Crippen LogP contribution in [-0.4, -0.2) is 22.0 Å². The maximum atomic E-state index is 14.6. The van der Waals surface area contributed by atoms with Crippen LogP contribution in [0.2, 0.25) is 5.02 Å². The Hall–Kier alpha value is -2.94. The van der Waals surface area contributed by atoms with Crippen molar-refractivity contribution in [1.82, 2.24) is 14.9 Å². The maximum Gasteiger partial charge on any atom is 0.417 e. The first-order chi connectivity index (χ1) is 14.0. The van der Waals surface area contributed by atoms with Crippen molar-refractivity contribution in [3.63, 3.8) is 0 Å². The van der Waals surface area contributed by atoms with Crippen LogP contribution >= 0.6 is 11.6 Å². The van der Waals surface area contributed by atoms with Gasteiger partial charge in [-0.2, -0.15) is 22.0 Å². The molecule has 0 saturated heterocycles. The zero-order chi connectivity index (χ0) is 22.1. The molecule has 3 aromatic rings. The van der Waals surface area contributed by atoms with Crippen molar-refractivity contribution >= 4 is 17.5 Å². The lowest BCUT2D eigenvalue weighted by atomic mass is 10.1. The standard InChI is InChI=1S/C20H15ClF5N3O/c1-29-7-6-12(10-29)13-8-16(21)17(27-9-13)19(22,23)11-28-18(30)14-4-2-3-5-15(14)20(24,25)26/h2-10H,11H2,1H3,(H,28,30). The van der Waals surface area contributed by atoms with E-state index in [1.165, 1.54) is 18.3 Å². The Morgan fingerprint density at radius 1 is 1.13 bits per heavy atom. The van der Waals surface area contributed by atoms with E-state index in [4.69, 9.17) is 11.6 Å². The van der Waals surface area contributed by atoms with Crippen LogP contribution in [0.4, 0.5) is 22.0 Å². The first kappa shape index (κ1) is 21.8. The van der Waals surface area contributed by atoms with Crippen molar-refractivity contribution in [3.8, 4) is 11.1 Å². The minimum absolute atomic E-state index is 0.328. The van der Waals surface area contributed by atoms with Crippen molar-refractivity contribution in [2.24, 2.45) is 7.05 Å². The van der Waals surface area contributed by atoms with Gasteiger partial charge in [0, 0.05) is 36.8 Å². The molecule has 158 valence electrons. The van der Waals surface area contributed by atoms with Crippen molar-refractivity contribution in [1.29, 1.82) is 0 Å². The number of amides is 1. The fourth-order valence-corrected chi connectivity index (χ4v) is 3.14. The summed E-state index contributed by atoms with van der Waals surface area (Å²) in [5.74, 6) is -4.98. The third kappa shape index (κ3) is 4.62. The highest BCUT2D eigenvalue weighted by atomic mass is 35.5. The van der Waals surface area contributed by atoms with Crippen LogP contribution < -0.4 is 5.32 Å². The van der Waals surface area contributed by atoms with E-state index in [0.717, 1.165) is 17.7 Å². The van der Waals surface area contributed by atoms with Gasteiger partial charge in [-0.05, 0) is 24.3 Å². The first-order valence-electron chi connectivity index (χ1n) is 8.59. The van der Waals surface area contributed by atoms with E-state index in [1.54, 1.807) is 30.1 Å². The van der Waals surface area contributed by atoms with Gasteiger partial charge in [0.05, 0.1) is 22.7 Å². The second kappa shape index (κ2) is 8.06. The lowest BCUT2D eigenvalue weighted by molar-refractivity contribution is -0.137. The molecule has 0 radical (unpaired) electrons. The van der Waals surface area contributed by atoms with Gasteiger partial charge in [-0.3, -0.25) is 9.78 Å². The third-order valence-electron chi connectivity index (χ3n) is 4.30. The monoisotopic (exact) mass is 443 g/mol. The summed E-state index contributed by atoms with van der Waals surface area (Å²) in [5, 5.41) is 1.51. The molecule has 0 bridgehead atoms. The zero-order valence-electron chi connectivity index (χ0n) is 15.5. The molecule has 0 atom stereocenters. The highest BCUT2D eigenvalue weighted by Crippen LogP contribution is 2.35. The Bertz CT molecular complexity index is 1080. The number of carbonyl (C=O) groups excluding carboxylic acids is 1. The van der Waals surface area contributed by atoms with Gasteiger partial charge in [0.2, 0.25) is 0 Å². The van der Waals surface area contributed by atoms with Gasteiger partial charge in [0.25, 0.3) is 5.91 Å². The molecule has 1 N–H and O–H groups in total. The fraction of sp³-hybridized carbons (Fsp3) is 0.200. The minimum Gasteiger partial charge on any atom is -0.357 e. The van der Waals surface area contributed by atoms with E-state index in [2.05, 4.69) is 4.98 Å². The average molecular weight is 444 g/mol. The maximum absolute atomic E-state index is 14.6. The predicted octanol–water partition coefficient (Wildman–Crippen LogP) is 5.28. The van der Waals surface area contributed by atoms with Crippen LogP contribution in [0, 0.1) is 0 Å². The highest BCUT2D eigenvalue weighted by molar-refractivity contribution is 6.31. The van der Waals surface area contributed by atoms with Crippen LogP contribution in [0.15, 0.2) is 55.0 Å². The molecule has 0 saturated carbocycles. The van der Waals surface area contributed by atoms with E-state index >= 15 is 0 Å². The lowest BCUT2D eigenvalue weighted by Gasteiger charge is -2.19. The molecule has 30 heavy (non-hydrogen) atoms. The number of hydrogen-bond donors (Lipinski definition) is 1. The van der Waals surface area contributed by atoms with Gasteiger partial charge in [-0.1, -0.05) is 23.7 Å². The molecule has 0 spiro atoms. The Balaban J connectivity index is 1.78. The Morgan fingerprint density at radius 3 is 2.43 bits per heavy atom. The molecule has 3 rings (SSSR count). The number of halogens is 6. The quantitative estimate of drug-likeness (QED) is 0.545. The number of nitrogens with zero attached hydrogens (tertiary/aromatic N) is 2. The molecule has 0 aliphatic heterocycles. The number of aromatic nitrogens is 2. The lowest BCUT2D eigenvalue weighted by Crippen LogP contribution is -2.36. The summed E-state index contributed by atoms with van der Waals surface area (Å²) >= 11 is 5.98. The van der Waals surface area contributed by atoms with Crippen LogP contribution in [0.25, 0.3) is 11.1 Å². The summed E-state index contributed by atoms with van der Waals surface area (Å²) in [4.78, 5) is 15.8. The Morgan fingerprint density at radius 2 is 1.83 bits per heavy atom. The summed E-state index contributed by atoms with van der Waals surface area (Å²) in [6.07, 6.45) is -0.0661. The second-order valence-electron chi connectivity index (χ2n) is 6.55. The van der Waals surface area contributed by atoms with E-state index in [9.17, 15) is 26.7 Å². The smallest absolute Gasteiger partial charge is 0.357 e. The number of pyridine rings is 1. The van der Waals surface area contributed by atoms with Gasteiger partial charge in [0.15, 0.2) is 0 Å². The SMILES string of the molecule is Cn1ccc(-c2cnc(C(F)(F)CNC(=O)c3ccccc3C(F)(F)F)c(Cl)c2)c1. The van der Waals surface area contributed by atoms with Crippen molar-refractivity contribution in [2.45, 2.75) is 12.1 Å². The van der Waals surface area contributed by atoms with Crippen LogP contribution in [0.3, 0.4) is 0 Å². The summed E-state index contributed by atoms with van der Waals surface area (Å²) in [5.41, 5.74) is -1.51. The number of alkyl halides is 5. The van der Waals surface area contributed by atoms with Crippen molar-refractivity contribution < 1.29 is 26.7 Å². The number of hydrogen-bond acceptors (Lipinski definition) is 2. The average Bonchev–Trinajstić information content (AvgIpc) is 3.11. The number of nitrogens with one attached hydrogen (secondary N) is 1.